The van der Waals surface area contributed by atoms with Crippen LogP contribution in [0.4, 0.5) is 0 Å². The van der Waals surface area contributed by atoms with E-state index in [1.165, 1.54) is 18.3 Å². The largest absolute Gasteiger partial charge is 0.412 e. The first kappa shape index (κ1) is 14.5. The number of hydrogen-bond acceptors (Lipinski definition) is 4. The van der Waals surface area contributed by atoms with E-state index in [9.17, 15) is 4.79 Å². The number of thiazole rings is 1. The molecule has 96 valence electrons. The molecule has 0 aliphatic heterocycles. The van der Waals surface area contributed by atoms with Gasteiger partial charge in [0.05, 0.1) is 6.61 Å². The minimum absolute atomic E-state index is 0.0218. The lowest BCUT2D eigenvalue weighted by Crippen LogP contribution is -2.40. The van der Waals surface area contributed by atoms with Crippen molar-refractivity contribution in [3.8, 4) is 0 Å². The third-order valence-electron chi connectivity index (χ3n) is 3.24. The molecular formula is C12H21NO2SSi. The van der Waals surface area contributed by atoms with Crippen molar-refractivity contribution in [3.05, 3.63) is 16.1 Å². The van der Waals surface area contributed by atoms with Crippen molar-refractivity contribution < 1.29 is 9.22 Å². The Labute approximate surface area is 108 Å². The van der Waals surface area contributed by atoms with Crippen molar-refractivity contribution in [2.75, 3.05) is 0 Å². The van der Waals surface area contributed by atoms with Crippen molar-refractivity contribution in [2.45, 2.75) is 52.4 Å². The van der Waals surface area contributed by atoms with Crippen LogP contribution in [0, 0.1) is 0 Å². The number of ketones is 1. The maximum atomic E-state index is 11.1. The molecule has 0 fully saturated rings. The topological polar surface area (TPSA) is 39.2 Å². The molecule has 0 unspecified atom stereocenters. The van der Waals surface area contributed by atoms with E-state index >= 15 is 0 Å². The molecule has 0 aliphatic rings. The fourth-order valence-corrected chi connectivity index (χ4v) is 2.78. The molecule has 1 aromatic rings. The van der Waals surface area contributed by atoms with Crippen molar-refractivity contribution >= 4 is 25.4 Å². The van der Waals surface area contributed by atoms with Crippen molar-refractivity contribution in [3.63, 3.8) is 0 Å². The number of carbonyl (C=O) groups is 1. The lowest BCUT2D eigenvalue weighted by Gasteiger charge is -2.35. The van der Waals surface area contributed by atoms with Crippen LogP contribution >= 0.6 is 11.3 Å². The normalized spacial score (nSPS) is 12.8. The summed E-state index contributed by atoms with van der Waals surface area (Å²) < 4.78 is 6.07. The SMILES string of the molecule is CC(=O)c1ncc(CO[Si](C)(C)C(C)(C)C)s1. The quantitative estimate of drug-likeness (QED) is 0.616. The number of nitrogens with zero attached hydrogens (tertiary/aromatic N) is 1. The summed E-state index contributed by atoms with van der Waals surface area (Å²) in [5.74, 6) is 0.0218. The maximum Gasteiger partial charge on any atom is 0.192 e. The molecule has 0 saturated heterocycles. The third-order valence-corrected chi connectivity index (χ3v) is 8.79. The number of rotatable bonds is 4. The Morgan fingerprint density at radius 3 is 2.47 bits per heavy atom. The van der Waals surface area contributed by atoms with Gasteiger partial charge in [-0.25, -0.2) is 4.98 Å². The summed E-state index contributed by atoms with van der Waals surface area (Å²) in [5, 5.41) is 0.778. The van der Waals surface area contributed by atoms with Gasteiger partial charge in [-0.2, -0.15) is 0 Å². The van der Waals surface area contributed by atoms with Crippen LogP contribution in [0.2, 0.25) is 18.1 Å². The van der Waals surface area contributed by atoms with Crippen LogP contribution in [0.5, 0.6) is 0 Å². The molecule has 3 nitrogen and oxygen atoms in total. The smallest absolute Gasteiger partial charge is 0.192 e. The van der Waals surface area contributed by atoms with Crippen LogP contribution in [0.3, 0.4) is 0 Å². The second-order valence-corrected chi connectivity index (χ2v) is 11.7. The Kier molecular flexibility index (Phi) is 4.27. The highest BCUT2D eigenvalue weighted by Gasteiger charge is 2.37. The molecule has 1 rings (SSSR count). The third kappa shape index (κ3) is 3.72. The van der Waals surface area contributed by atoms with Gasteiger partial charge in [0, 0.05) is 18.0 Å². The molecule has 0 aliphatic carbocycles. The molecule has 17 heavy (non-hydrogen) atoms. The maximum absolute atomic E-state index is 11.1. The van der Waals surface area contributed by atoms with Gasteiger partial charge in [0.25, 0.3) is 0 Å². The number of Topliss-reactive ketones (excluding diaryl/α,β-unsaturated/α-hetero) is 1. The van der Waals surface area contributed by atoms with Crippen molar-refractivity contribution in [2.24, 2.45) is 0 Å². The predicted molar refractivity (Wildman–Crippen MR) is 74.1 cm³/mol. The summed E-state index contributed by atoms with van der Waals surface area (Å²) in [6.45, 7) is 13.2. The van der Waals surface area contributed by atoms with E-state index in [0.717, 1.165) is 4.88 Å². The first-order valence-electron chi connectivity index (χ1n) is 5.73. The molecule has 0 atom stereocenters. The van der Waals surface area contributed by atoms with Crippen molar-refractivity contribution in [1.82, 2.24) is 4.98 Å². The van der Waals surface area contributed by atoms with Gasteiger partial charge in [-0.05, 0) is 18.1 Å². The number of carbonyl (C=O) groups excluding carboxylic acids is 1. The van der Waals surface area contributed by atoms with Crippen LogP contribution in [0.25, 0.3) is 0 Å². The highest BCUT2D eigenvalue weighted by atomic mass is 32.1. The van der Waals surface area contributed by atoms with E-state index in [4.69, 9.17) is 4.43 Å². The molecular weight excluding hydrogens is 250 g/mol. The van der Waals surface area contributed by atoms with Crippen LogP contribution in [0.15, 0.2) is 6.20 Å². The predicted octanol–water partition coefficient (Wildman–Crippen LogP) is 3.87. The van der Waals surface area contributed by atoms with Crippen LogP contribution in [-0.2, 0) is 11.0 Å². The second kappa shape index (κ2) is 5.00. The van der Waals surface area contributed by atoms with Crippen LogP contribution < -0.4 is 0 Å². The summed E-state index contributed by atoms with van der Waals surface area (Å²) in [4.78, 5) is 16.2. The zero-order valence-corrected chi connectivity index (χ0v) is 13.3. The van der Waals surface area contributed by atoms with E-state index < -0.39 is 8.32 Å². The minimum atomic E-state index is -1.71. The Morgan fingerprint density at radius 1 is 1.47 bits per heavy atom. The summed E-state index contributed by atoms with van der Waals surface area (Å²) in [6.07, 6.45) is 1.74. The molecule has 0 N–H and O–H groups in total. The summed E-state index contributed by atoms with van der Waals surface area (Å²) in [7, 11) is -1.71. The molecule has 1 aromatic heterocycles. The lowest BCUT2D eigenvalue weighted by molar-refractivity contribution is 0.101. The van der Waals surface area contributed by atoms with E-state index in [1.54, 1.807) is 6.20 Å². The summed E-state index contributed by atoms with van der Waals surface area (Å²) >= 11 is 1.43. The zero-order chi connectivity index (χ0) is 13.3. The van der Waals surface area contributed by atoms with Crippen LogP contribution in [-0.4, -0.2) is 19.1 Å². The van der Waals surface area contributed by atoms with Crippen LogP contribution in [0.1, 0.15) is 42.4 Å². The monoisotopic (exact) mass is 271 g/mol. The molecule has 0 bridgehead atoms. The molecule has 5 heteroatoms. The van der Waals surface area contributed by atoms with Gasteiger partial charge >= 0.3 is 0 Å². The molecule has 0 radical (unpaired) electrons. The Balaban J connectivity index is 2.64. The van der Waals surface area contributed by atoms with Gasteiger partial charge in [-0.1, -0.05) is 20.8 Å². The molecule has 0 spiro atoms. The van der Waals surface area contributed by atoms with Gasteiger partial charge in [0.15, 0.2) is 19.1 Å². The van der Waals surface area contributed by atoms with Gasteiger partial charge in [-0.15, -0.1) is 11.3 Å². The van der Waals surface area contributed by atoms with Gasteiger partial charge in [0.2, 0.25) is 0 Å². The first-order chi connectivity index (χ1) is 7.63. The highest BCUT2D eigenvalue weighted by Crippen LogP contribution is 2.37. The number of hydrogen-bond donors (Lipinski definition) is 0. The average Bonchev–Trinajstić information content (AvgIpc) is 2.61. The highest BCUT2D eigenvalue weighted by molar-refractivity contribution is 7.13. The Bertz CT molecular complexity index is 407. The minimum Gasteiger partial charge on any atom is -0.412 e. The zero-order valence-electron chi connectivity index (χ0n) is 11.5. The lowest BCUT2D eigenvalue weighted by atomic mass is 10.2. The average molecular weight is 271 g/mol. The number of aromatic nitrogens is 1. The standard InChI is InChI=1S/C12H21NO2SSi/c1-9(14)11-13-7-10(16-11)8-15-17(5,6)12(2,3)4/h7H,8H2,1-6H3. The molecule has 1 heterocycles. The summed E-state index contributed by atoms with van der Waals surface area (Å²) in [5.41, 5.74) is 0. The van der Waals surface area contributed by atoms with Crippen molar-refractivity contribution in [1.29, 1.82) is 0 Å². The fraction of sp³-hybridized carbons (Fsp3) is 0.667. The molecule has 0 aromatic carbocycles. The summed E-state index contributed by atoms with van der Waals surface area (Å²) in [6, 6.07) is 0. The van der Waals surface area contributed by atoms with Gasteiger partial charge < -0.3 is 4.43 Å². The molecule has 0 saturated carbocycles. The fourth-order valence-electron chi connectivity index (χ4n) is 1.01. The van der Waals surface area contributed by atoms with E-state index in [2.05, 4.69) is 38.8 Å². The Hall–Kier alpha value is -0.523. The molecule has 0 amide bonds. The first-order valence-corrected chi connectivity index (χ1v) is 9.45. The van der Waals surface area contributed by atoms with Gasteiger partial charge in [-0.3, -0.25) is 4.79 Å². The van der Waals surface area contributed by atoms with E-state index in [-0.39, 0.29) is 10.8 Å². The van der Waals surface area contributed by atoms with E-state index in [0.29, 0.717) is 11.6 Å². The van der Waals surface area contributed by atoms with E-state index in [1.807, 2.05) is 0 Å². The van der Waals surface area contributed by atoms with Gasteiger partial charge in [0.1, 0.15) is 0 Å². The second-order valence-electron chi connectivity index (χ2n) is 5.74. The Morgan fingerprint density at radius 2 is 2.06 bits per heavy atom.